The Balaban J connectivity index is 1.24. The lowest BCUT2D eigenvalue weighted by molar-refractivity contribution is 0.103. The molecular weight excluding hydrogens is 514 g/mol. The molecule has 180 valence electrons. The molecule has 0 spiro atoms. The summed E-state index contributed by atoms with van der Waals surface area (Å²) in [5.74, 6) is -0.295. The zero-order valence-electron chi connectivity index (χ0n) is 19.3. The molecule has 5 rings (SSSR count). The zero-order chi connectivity index (χ0) is 25.2. The van der Waals surface area contributed by atoms with E-state index in [0.717, 1.165) is 32.1 Å². The number of anilines is 3. The van der Waals surface area contributed by atoms with Crippen LogP contribution in [0.5, 0.6) is 0 Å². The SMILES string of the molecule is Cc1ccc2nc(-c3ccc(NC(=O)c4sc(NC(=O)Nc5cccc(Cl)c5)nc4C)cc3)sc2c1. The summed E-state index contributed by atoms with van der Waals surface area (Å²) in [7, 11) is 0. The highest BCUT2D eigenvalue weighted by Crippen LogP contribution is 2.31. The van der Waals surface area contributed by atoms with Crippen LogP contribution in [0, 0.1) is 13.8 Å². The van der Waals surface area contributed by atoms with Gasteiger partial charge in [-0.1, -0.05) is 35.1 Å². The van der Waals surface area contributed by atoms with Gasteiger partial charge in [0.25, 0.3) is 5.91 Å². The van der Waals surface area contributed by atoms with Gasteiger partial charge in [0.1, 0.15) is 9.88 Å². The van der Waals surface area contributed by atoms with Gasteiger partial charge in [0, 0.05) is 22.0 Å². The predicted octanol–water partition coefficient (Wildman–Crippen LogP) is 7.59. The summed E-state index contributed by atoms with van der Waals surface area (Å²) in [5.41, 5.74) is 4.89. The van der Waals surface area contributed by atoms with Crippen LogP contribution in [0.4, 0.5) is 21.3 Å². The molecule has 0 atom stereocenters. The van der Waals surface area contributed by atoms with E-state index in [-0.39, 0.29) is 5.91 Å². The minimum absolute atomic E-state index is 0.295. The quantitative estimate of drug-likeness (QED) is 0.217. The number of aromatic nitrogens is 2. The fourth-order valence-corrected chi connectivity index (χ4v) is 5.64. The molecule has 0 aliphatic rings. The van der Waals surface area contributed by atoms with E-state index in [2.05, 4.69) is 40.0 Å². The second-order valence-corrected chi connectivity index (χ2v) is 10.5. The van der Waals surface area contributed by atoms with Gasteiger partial charge in [-0.15, -0.1) is 11.3 Å². The van der Waals surface area contributed by atoms with Crippen LogP contribution in [0.2, 0.25) is 5.02 Å². The van der Waals surface area contributed by atoms with E-state index in [4.69, 9.17) is 16.6 Å². The number of rotatable bonds is 5. The van der Waals surface area contributed by atoms with Crippen LogP contribution in [-0.2, 0) is 0 Å². The van der Waals surface area contributed by atoms with E-state index in [9.17, 15) is 9.59 Å². The van der Waals surface area contributed by atoms with E-state index in [0.29, 0.717) is 32.1 Å². The van der Waals surface area contributed by atoms with Gasteiger partial charge in [-0.05, 0) is 74.0 Å². The van der Waals surface area contributed by atoms with Crippen molar-refractivity contribution in [1.82, 2.24) is 9.97 Å². The molecule has 0 saturated carbocycles. The van der Waals surface area contributed by atoms with Crippen LogP contribution in [0.1, 0.15) is 20.9 Å². The molecule has 0 bridgehead atoms. The van der Waals surface area contributed by atoms with Crippen molar-refractivity contribution in [3.05, 3.63) is 87.9 Å². The molecule has 2 heterocycles. The zero-order valence-corrected chi connectivity index (χ0v) is 21.6. The van der Waals surface area contributed by atoms with E-state index in [1.165, 1.54) is 5.56 Å². The van der Waals surface area contributed by atoms with Crippen molar-refractivity contribution in [3.8, 4) is 10.6 Å². The molecule has 7 nitrogen and oxygen atoms in total. The van der Waals surface area contributed by atoms with E-state index in [1.807, 2.05) is 30.3 Å². The maximum absolute atomic E-state index is 12.9. The fraction of sp³-hybridized carbons (Fsp3) is 0.0769. The van der Waals surface area contributed by atoms with E-state index in [1.54, 1.807) is 42.5 Å². The maximum atomic E-state index is 12.9. The molecule has 3 N–H and O–H groups in total. The van der Waals surface area contributed by atoms with Crippen molar-refractivity contribution in [2.45, 2.75) is 13.8 Å². The number of carbonyl (C=O) groups is 2. The predicted molar refractivity (Wildman–Crippen MR) is 149 cm³/mol. The summed E-state index contributed by atoms with van der Waals surface area (Å²) in [4.78, 5) is 34.6. The van der Waals surface area contributed by atoms with Gasteiger partial charge in [0.05, 0.1) is 15.9 Å². The number of thiazole rings is 2. The molecule has 0 radical (unpaired) electrons. The highest BCUT2D eigenvalue weighted by atomic mass is 35.5. The summed E-state index contributed by atoms with van der Waals surface area (Å²) in [6, 6.07) is 20.1. The molecule has 3 amide bonds. The van der Waals surface area contributed by atoms with Crippen LogP contribution in [0.3, 0.4) is 0 Å². The summed E-state index contributed by atoms with van der Waals surface area (Å²) < 4.78 is 1.15. The van der Waals surface area contributed by atoms with Gasteiger partial charge >= 0.3 is 6.03 Å². The second kappa shape index (κ2) is 10.1. The summed E-state index contributed by atoms with van der Waals surface area (Å²) >= 11 is 8.69. The first-order valence-electron chi connectivity index (χ1n) is 10.9. The van der Waals surface area contributed by atoms with Crippen molar-refractivity contribution in [1.29, 1.82) is 0 Å². The number of hydrogen-bond donors (Lipinski definition) is 3. The Hall–Kier alpha value is -3.79. The van der Waals surface area contributed by atoms with Crippen molar-refractivity contribution in [3.63, 3.8) is 0 Å². The Bertz CT molecular complexity index is 1590. The highest BCUT2D eigenvalue weighted by Gasteiger charge is 2.17. The smallest absolute Gasteiger partial charge is 0.321 e. The third-order valence-corrected chi connectivity index (χ3v) is 7.61. The van der Waals surface area contributed by atoms with Crippen LogP contribution in [0.25, 0.3) is 20.8 Å². The molecule has 3 aromatic carbocycles. The average Bonchev–Trinajstić information content (AvgIpc) is 3.42. The summed E-state index contributed by atoms with van der Waals surface area (Å²) in [6.45, 7) is 3.79. The third kappa shape index (κ3) is 5.38. The number of halogens is 1. The number of fused-ring (bicyclic) bond motifs is 1. The van der Waals surface area contributed by atoms with Crippen molar-refractivity contribution in [2.24, 2.45) is 0 Å². The number of urea groups is 1. The standard InChI is InChI=1S/C26H20ClN5O2S2/c1-14-6-11-20-21(12-14)35-24(31-20)16-7-9-18(10-8-16)29-23(33)22-15(2)28-26(36-22)32-25(34)30-19-5-3-4-17(27)13-19/h3-13H,1-2H3,(H,29,33)(H2,28,30,32,34). The van der Waals surface area contributed by atoms with E-state index >= 15 is 0 Å². The first-order chi connectivity index (χ1) is 17.3. The van der Waals surface area contributed by atoms with Gasteiger partial charge in [-0.3, -0.25) is 10.1 Å². The number of amides is 3. The summed E-state index contributed by atoms with van der Waals surface area (Å²) in [6.07, 6.45) is 0. The molecule has 0 aliphatic heterocycles. The van der Waals surface area contributed by atoms with Gasteiger partial charge in [-0.2, -0.15) is 0 Å². The number of nitrogens with one attached hydrogen (secondary N) is 3. The molecule has 0 fully saturated rings. The van der Waals surface area contributed by atoms with E-state index < -0.39 is 6.03 Å². The van der Waals surface area contributed by atoms with Crippen LogP contribution >= 0.6 is 34.3 Å². The van der Waals surface area contributed by atoms with Crippen molar-refractivity contribution < 1.29 is 9.59 Å². The number of benzene rings is 3. The van der Waals surface area contributed by atoms with Crippen LogP contribution < -0.4 is 16.0 Å². The fourth-order valence-electron chi connectivity index (χ4n) is 3.53. The van der Waals surface area contributed by atoms with Crippen LogP contribution in [-0.4, -0.2) is 21.9 Å². The third-order valence-electron chi connectivity index (χ3n) is 5.24. The van der Waals surface area contributed by atoms with Crippen molar-refractivity contribution >= 4 is 72.9 Å². The molecule has 10 heteroatoms. The Morgan fingerprint density at radius 2 is 1.64 bits per heavy atom. The van der Waals surface area contributed by atoms with Gasteiger partial charge in [0.2, 0.25) is 0 Å². The molecule has 0 saturated heterocycles. The Labute approximate surface area is 220 Å². The lowest BCUT2D eigenvalue weighted by Crippen LogP contribution is -2.19. The first kappa shape index (κ1) is 23.9. The molecule has 0 aliphatic carbocycles. The summed E-state index contributed by atoms with van der Waals surface area (Å²) in [5, 5.41) is 10.0. The Kier molecular flexibility index (Phi) is 6.69. The monoisotopic (exact) mass is 533 g/mol. The van der Waals surface area contributed by atoms with Gasteiger partial charge in [0.15, 0.2) is 5.13 Å². The molecule has 0 unspecified atom stereocenters. The van der Waals surface area contributed by atoms with Gasteiger partial charge < -0.3 is 10.6 Å². The lowest BCUT2D eigenvalue weighted by atomic mass is 10.2. The van der Waals surface area contributed by atoms with Crippen molar-refractivity contribution in [2.75, 3.05) is 16.0 Å². The minimum atomic E-state index is -0.474. The molecule has 2 aromatic heterocycles. The molecule has 36 heavy (non-hydrogen) atoms. The number of carbonyl (C=O) groups excluding carboxylic acids is 2. The number of hydrogen-bond acceptors (Lipinski definition) is 6. The topological polar surface area (TPSA) is 96.0 Å². The second-order valence-electron chi connectivity index (χ2n) is 8.04. The molecule has 5 aromatic rings. The normalized spacial score (nSPS) is 10.9. The Morgan fingerprint density at radius 1 is 0.833 bits per heavy atom. The maximum Gasteiger partial charge on any atom is 0.325 e. The highest BCUT2D eigenvalue weighted by molar-refractivity contribution is 7.21. The average molecular weight is 534 g/mol. The minimum Gasteiger partial charge on any atom is -0.321 e. The Morgan fingerprint density at radius 3 is 2.42 bits per heavy atom. The largest absolute Gasteiger partial charge is 0.325 e. The molecular formula is C26H20ClN5O2S2. The lowest BCUT2D eigenvalue weighted by Gasteiger charge is -2.05. The van der Waals surface area contributed by atoms with Gasteiger partial charge in [-0.25, -0.2) is 14.8 Å². The van der Waals surface area contributed by atoms with Crippen LogP contribution in [0.15, 0.2) is 66.7 Å². The number of aryl methyl sites for hydroxylation is 2. The first-order valence-corrected chi connectivity index (χ1v) is 12.9. The number of nitrogens with zero attached hydrogens (tertiary/aromatic N) is 2.